The van der Waals surface area contributed by atoms with Crippen molar-refractivity contribution in [2.45, 2.75) is 10.7 Å². The monoisotopic (exact) mass is 290 g/mol. The standard InChI is InChI=1S/C13H10N2O4S/c16-13(9-4-2-1-3-5-9)14-11-7-6-10(20(17,18)19)8-12(11)15-13/h1-8,16H,(H,17,18,19). The summed E-state index contributed by atoms with van der Waals surface area (Å²) in [6.45, 7) is 0. The maximum atomic E-state index is 11.1. The van der Waals surface area contributed by atoms with E-state index in [0.717, 1.165) is 0 Å². The van der Waals surface area contributed by atoms with Crippen LogP contribution in [0.4, 0.5) is 0 Å². The zero-order valence-corrected chi connectivity index (χ0v) is 10.9. The molecule has 1 aliphatic rings. The largest absolute Gasteiger partial charge is 0.347 e. The fraction of sp³-hybridized carbons (Fsp3) is 0.0769. The molecule has 102 valence electrons. The third-order valence-electron chi connectivity index (χ3n) is 2.96. The molecule has 0 aromatic heterocycles. The molecule has 6 nitrogen and oxygen atoms in total. The van der Waals surface area contributed by atoms with Crippen molar-refractivity contribution in [2.24, 2.45) is 9.98 Å². The SMILES string of the molecule is O=S(=O)(O)c1ccc2c(c1)=NC(O)(c1ccccc1)N=2. The van der Waals surface area contributed by atoms with Gasteiger partial charge in [-0.2, -0.15) is 8.42 Å². The van der Waals surface area contributed by atoms with E-state index >= 15 is 0 Å². The molecule has 1 heterocycles. The minimum Gasteiger partial charge on any atom is -0.347 e. The van der Waals surface area contributed by atoms with Gasteiger partial charge in [0, 0.05) is 5.56 Å². The number of hydrogen-bond acceptors (Lipinski definition) is 5. The van der Waals surface area contributed by atoms with E-state index in [1.165, 1.54) is 18.2 Å². The minimum absolute atomic E-state index is 0.214. The first-order chi connectivity index (χ1) is 9.38. The van der Waals surface area contributed by atoms with E-state index < -0.39 is 16.0 Å². The zero-order valence-electron chi connectivity index (χ0n) is 10.1. The van der Waals surface area contributed by atoms with Crippen LogP contribution in [0.25, 0.3) is 0 Å². The lowest BCUT2D eigenvalue weighted by atomic mass is 10.1. The molecule has 0 bridgehead atoms. The molecule has 1 aliphatic heterocycles. The predicted octanol–water partition coefficient (Wildman–Crippen LogP) is -0.0111. The Hall–Kier alpha value is -2.09. The summed E-state index contributed by atoms with van der Waals surface area (Å²) in [5, 5.41) is 11.0. The van der Waals surface area contributed by atoms with Gasteiger partial charge in [-0.3, -0.25) is 4.55 Å². The van der Waals surface area contributed by atoms with Crippen molar-refractivity contribution in [3.63, 3.8) is 0 Å². The van der Waals surface area contributed by atoms with Crippen LogP contribution < -0.4 is 10.7 Å². The van der Waals surface area contributed by atoms with Gasteiger partial charge in [-0.25, -0.2) is 9.98 Å². The van der Waals surface area contributed by atoms with Gasteiger partial charge in [-0.05, 0) is 18.2 Å². The van der Waals surface area contributed by atoms with Gasteiger partial charge in [0.15, 0.2) is 0 Å². The lowest BCUT2D eigenvalue weighted by Crippen LogP contribution is -2.22. The van der Waals surface area contributed by atoms with Crippen molar-refractivity contribution in [1.29, 1.82) is 0 Å². The van der Waals surface area contributed by atoms with Crippen molar-refractivity contribution >= 4 is 10.1 Å². The summed E-state index contributed by atoms with van der Waals surface area (Å²) < 4.78 is 31.2. The first-order valence-corrected chi connectivity index (χ1v) is 7.18. The van der Waals surface area contributed by atoms with Crippen LogP contribution in [0, 0.1) is 0 Å². The predicted molar refractivity (Wildman–Crippen MR) is 68.9 cm³/mol. The Balaban J connectivity index is 2.20. The van der Waals surface area contributed by atoms with Crippen LogP contribution in [0.3, 0.4) is 0 Å². The van der Waals surface area contributed by atoms with Crippen LogP contribution in [0.15, 0.2) is 63.4 Å². The Labute approximate surface area is 114 Å². The minimum atomic E-state index is -4.31. The number of rotatable bonds is 2. The van der Waals surface area contributed by atoms with Crippen molar-refractivity contribution < 1.29 is 18.1 Å². The highest BCUT2D eigenvalue weighted by molar-refractivity contribution is 7.85. The molecule has 2 N–H and O–H groups in total. The second-order valence-corrected chi connectivity index (χ2v) is 5.77. The average molecular weight is 290 g/mol. The Morgan fingerprint density at radius 2 is 1.60 bits per heavy atom. The van der Waals surface area contributed by atoms with Crippen molar-refractivity contribution in [1.82, 2.24) is 0 Å². The molecule has 20 heavy (non-hydrogen) atoms. The highest BCUT2D eigenvalue weighted by Crippen LogP contribution is 2.24. The topological polar surface area (TPSA) is 99.3 Å². The van der Waals surface area contributed by atoms with Gasteiger partial charge in [0.05, 0.1) is 15.6 Å². The van der Waals surface area contributed by atoms with Crippen LogP contribution in [0.5, 0.6) is 0 Å². The van der Waals surface area contributed by atoms with E-state index in [1.807, 2.05) is 0 Å². The molecule has 0 amide bonds. The van der Waals surface area contributed by atoms with E-state index in [9.17, 15) is 13.5 Å². The number of hydrogen-bond donors (Lipinski definition) is 2. The summed E-state index contributed by atoms with van der Waals surface area (Å²) in [4.78, 5) is 7.85. The molecule has 2 aromatic rings. The zero-order chi connectivity index (χ0) is 14.4. The molecule has 1 unspecified atom stereocenters. The van der Waals surface area contributed by atoms with E-state index in [1.54, 1.807) is 30.3 Å². The molecule has 0 spiro atoms. The van der Waals surface area contributed by atoms with Gasteiger partial charge in [0.2, 0.25) is 0 Å². The second-order valence-electron chi connectivity index (χ2n) is 4.35. The number of aliphatic hydroxyl groups is 1. The van der Waals surface area contributed by atoms with Crippen LogP contribution in [0.1, 0.15) is 5.56 Å². The summed E-state index contributed by atoms with van der Waals surface area (Å²) in [6, 6.07) is 12.4. The molecule has 3 rings (SSSR count). The molecule has 0 saturated carbocycles. The van der Waals surface area contributed by atoms with Gasteiger partial charge in [0.1, 0.15) is 0 Å². The van der Waals surface area contributed by atoms with Crippen LogP contribution >= 0.6 is 0 Å². The van der Waals surface area contributed by atoms with Gasteiger partial charge in [-0.1, -0.05) is 30.3 Å². The number of benzene rings is 2. The Bertz CT molecular complexity index is 894. The van der Waals surface area contributed by atoms with Crippen molar-refractivity contribution in [3.05, 3.63) is 64.8 Å². The first-order valence-electron chi connectivity index (χ1n) is 5.74. The number of fused-ring (bicyclic) bond motifs is 1. The molecular formula is C13H10N2O4S. The van der Waals surface area contributed by atoms with E-state index in [-0.39, 0.29) is 10.3 Å². The maximum Gasteiger partial charge on any atom is 0.294 e. The molecule has 0 fully saturated rings. The summed E-state index contributed by atoms with van der Waals surface area (Å²) in [5.41, 5.74) is 0.476. The molecule has 7 heteroatoms. The van der Waals surface area contributed by atoms with Crippen molar-refractivity contribution in [2.75, 3.05) is 0 Å². The van der Waals surface area contributed by atoms with Crippen molar-refractivity contribution in [3.8, 4) is 0 Å². The Morgan fingerprint density at radius 1 is 0.950 bits per heavy atom. The second kappa shape index (κ2) is 4.20. The smallest absolute Gasteiger partial charge is 0.294 e. The molecular weight excluding hydrogens is 280 g/mol. The summed E-state index contributed by atoms with van der Waals surface area (Å²) in [7, 11) is -4.31. The third kappa shape index (κ3) is 2.11. The highest BCUT2D eigenvalue weighted by atomic mass is 32.2. The Kier molecular flexibility index (Phi) is 2.72. The van der Waals surface area contributed by atoms with Crippen LogP contribution in [0.2, 0.25) is 0 Å². The molecule has 0 aliphatic carbocycles. The third-order valence-corrected chi connectivity index (χ3v) is 3.81. The normalized spacial score (nSPS) is 20.9. The van der Waals surface area contributed by atoms with E-state index in [2.05, 4.69) is 9.98 Å². The van der Waals surface area contributed by atoms with Gasteiger partial charge in [-0.15, -0.1) is 0 Å². The average Bonchev–Trinajstić information content (AvgIpc) is 2.75. The molecule has 0 radical (unpaired) electrons. The number of nitrogens with zero attached hydrogens (tertiary/aromatic N) is 2. The molecule has 0 saturated heterocycles. The first kappa shape index (κ1) is 12.9. The van der Waals surface area contributed by atoms with Gasteiger partial charge in [0.25, 0.3) is 16.0 Å². The fourth-order valence-electron chi connectivity index (χ4n) is 2.00. The van der Waals surface area contributed by atoms with E-state index in [0.29, 0.717) is 10.9 Å². The summed E-state index contributed by atoms with van der Waals surface area (Å²) in [5.74, 6) is -1.76. The van der Waals surface area contributed by atoms with Crippen LogP contribution in [-0.4, -0.2) is 18.1 Å². The fourth-order valence-corrected chi connectivity index (χ4v) is 2.50. The van der Waals surface area contributed by atoms with E-state index in [4.69, 9.17) is 4.55 Å². The van der Waals surface area contributed by atoms with Gasteiger partial charge < -0.3 is 5.11 Å². The van der Waals surface area contributed by atoms with Crippen LogP contribution in [-0.2, 0) is 16.0 Å². The summed E-state index contributed by atoms with van der Waals surface area (Å²) in [6.07, 6.45) is 0. The highest BCUT2D eigenvalue weighted by Gasteiger charge is 2.30. The molecule has 1 atom stereocenters. The molecule has 2 aromatic carbocycles. The lowest BCUT2D eigenvalue weighted by Gasteiger charge is -2.15. The summed E-state index contributed by atoms with van der Waals surface area (Å²) >= 11 is 0. The van der Waals surface area contributed by atoms with Gasteiger partial charge >= 0.3 is 0 Å². The lowest BCUT2D eigenvalue weighted by molar-refractivity contribution is 0.0546. The Morgan fingerprint density at radius 3 is 2.25 bits per heavy atom. The quantitative estimate of drug-likeness (QED) is 0.760. The maximum absolute atomic E-state index is 11.1.